The van der Waals surface area contributed by atoms with E-state index in [0.717, 1.165) is 42.0 Å². The van der Waals surface area contributed by atoms with Crippen LogP contribution >= 0.6 is 34.8 Å². The molecular formula is C21H21Cl3N4O2. The molecule has 9 heteroatoms. The van der Waals surface area contributed by atoms with Crippen LogP contribution in [0.1, 0.15) is 30.1 Å². The number of nitrogens with one attached hydrogen (secondary N) is 1. The van der Waals surface area contributed by atoms with Crippen molar-refractivity contribution in [1.82, 2.24) is 0 Å². The van der Waals surface area contributed by atoms with E-state index in [1.54, 1.807) is 6.07 Å². The zero-order valence-electron chi connectivity index (χ0n) is 16.0. The van der Waals surface area contributed by atoms with Crippen LogP contribution < -0.4 is 16.0 Å². The van der Waals surface area contributed by atoms with Gasteiger partial charge in [-0.3, -0.25) is 4.79 Å². The zero-order valence-corrected chi connectivity index (χ0v) is 18.3. The van der Waals surface area contributed by atoms with E-state index in [1.807, 2.05) is 36.4 Å². The number of rotatable bonds is 5. The molecule has 0 saturated carbocycles. The van der Waals surface area contributed by atoms with E-state index in [0.29, 0.717) is 17.1 Å². The predicted octanol–water partition coefficient (Wildman–Crippen LogP) is 4.49. The maximum Gasteiger partial charge on any atom is 0.257 e. The second-order valence-electron chi connectivity index (χ2n) is 7.38. The smallest absolute Gasteiger partial charge is 0.257 e. The maximum atomic E-state index is 11.7. The number of nitrogens with zero attached hydrogens (tertiary/aromatic N) is 2. The van der Waals surface area contributed by atoms with Crippen molar-refractivity contribution in [2.45, 2.75) is 29.8 Å². The molecule has 2 aromatic carbocycles. The highest BCUT2D eigenvalue weighted by atomic mass is 35.5. The largest absolute Gasteiger partial charge is 0.387 e. The summed E-state index contributed by atoms with van der Waals surface area (Å²) in [5.41, 5.74) is 10.3. The molecule has 0 aliphatic carbocycles. The standard InChI is InChI=1S/C21H21Cl3N4O2/c22-15-5-2-6-17(28-8-7-13(25)11-28)19(15)16-10-18(30-27-16)12-3-1-4-14(9-12)26-21(29)20(23)24/h1-6,9,13,18,20H,7-8,10-11,25H2,(H,26,29)/t13-,18?/m1/s1. The minimum absolute atomic E-state index is 0.157. The van der Waals surface area contributed by atoms with Gasteiger partial charge in [0.2, 0.25) is 0 Å². The van der Waals surface area contributed by atoms with Crippen LogP contribution in [0.4, 0.5) is 11.4 Å². The van der Waals surface area contributed by atoms with Gasteiger partial charge >= 0.3 is 0 Å². The van der Waals surface area contributed by atoms with Crippen molar-refractivity contribution in [2.24, 2.45) is 10.9 Å². The van der Waals surface area contributed by atoms with Crippen molar-refractivity contribution in [3.63, 3.8) is 0 Å². The van der Waals surface area contributed by atoms with Crippen molar-refractivity contribution >= 4 is 57.8 Å². The second kappa shape index (κ2) is 9.02. The minimum atomic E-state index is -1.14. The van der Waals surface area contributed by atoms with Gasteiger partial charge in [-0.05, 0) is 36.2 Å². The van der Waals surface area contributed by atoms with E-state index in [4.69, 9.17) is 45.4 Å². The molecule has 2 aliphatic rings. The van der Waals surface area contributed by atoms with Gasteiger partial charge in [0.15, 0.2) is 10.9 Å². The number of alkyl halides is 2. The molecule has 158 valence electrons. The molecule has 2 heterocycles. The lowest BCUT2D eigenvalue weighted by Gasteiger charge is -2.22. The first-order chi connectivity index (χ1) is 14.4. The van der Waals surface area contributed by atoms with Gasteiger partial charge in [0.25, 0.3) is 5.91 Å². The molecule has 30 heavy (non-hydrogen) atoms. The molecule has 2 aromatic rings. The van der Waals surface area contributed by atoms with Crippen molar-refractivity contribution < 1.29 is 9.63 Å². The molecule has 0 bridgehead atoms. The fourth-order valence-electron chi connectivity index (χ4n) is 3.79. The first-order valence-corrected chi connectivity index (χ1v) is 10.9. The zero-order chi connectivity index (χ0) is 21.3. The molecule has 2 atom stereocenters. The fraction of sp³-hybridized carbons (Fsp3) is 0.333. The van der Waals surface area contributed by atoms with E-state index in [2.05, 4.69) is 15.4 Å². The summed E-state index contributed by atoms with van der Waals surface area (Å²) in [5, 5.41) is 7.64. The summed E-state index contributed by atoms with van der Waals surface area (Å²) in [7, 11) is 0. The topological polar surface area (TPSA) is 79.9 Å². The Morgan fingerprint density at radius 1 is 1.27 bits per heavy atom. The molecule has 6 nitrogen and oxygen atoms in total. The Bertz CT molecular complexity index is 982. The lowest BCUT2D eigenvalue weighted by Crippen LogP contribution is -2.27. The Hall–Kier alpha value is -1.99. The SMILES string of the molecule is N[C@@H]1CCN(c2cccc(Cl)c2C2=NOC(c3cccc(NC(=O)C(Cl)Cl)c3)C2)C1. The third kappa shape index (κ3) is 4.52. The van der Waals surface area contributed by atoms with Crippen LogP contribution in [-0.4, -0.2) is 35.6 Å². The second-order valence-corrected chi connectivity index (χ2v) is 8.88. The summed E-state index contributed by atoms with van der Waals surface area (Å²) < 4.78 is 0. The van der Waals surface area contributed by atoms with Gasteiger partial charge in [-0.25, -0.2) is 0 Å². The number of carbonyl (C=O) groups is 1. The monoisotopic (exact) mass is 466 g/mol. The number of hydrogen-bond donors (Lipinski definition) is 2. The van der Waals surface area contributed by atoms with Crippen molar-refractivity contribution in [1.29, 1.82) is 0 Å². The normalized spacial score (nSPS) is 21.0. The third-order valence-corrected chi connectivity index (χ3v) is 5.95. The Labute approximate surface area is 189 Å². The Morgan fingerprint density at radius 3 is 2.80 bits per heavy atom. The molecule has 0 aromatic heterocycles. The quantitative estimate of drug-likeness (QED) is 0.635. The Morgan fingerprint density at radius 2 is 2.07 bits per heavy atom. The molecule has 1 fully saturated rings. The van der Waals surface area contributed by atoms with Crippen LogP contribution in [-0.2, 0) is 9.63 Å². The summed E-state index contributed by atoms with van der Waals surface area (Å²) in [6, 6.07) is 13.3. The molecule has 3 N–H and O–H groups in total. The van der Waals surface area contributed by atoms with Crippen LogP contribution in [0.15, 0.2) is 47.6 Å². The third-order valence-electron chi connectivity index (χ3n) is 5.24. The number of amides is 1. The van der Waals surface area contributed by atoms with Crippen LogP contribution in [0.25, 0.3) is 0 Å². The highest BCUT2D eigenvalue weighted by Gasteiger charge is 2.30. The van der Waals surface area contributed by atoms with E-state index < -0.39 is 10.7 Å². The van der Waals surface area contributed by atoms with Crippen LogP contribution in [0.5, 0.6) is 0 Å². The summed E-state index contributed by atoms with van der Waals surface area (Å²) in [6.07, 6.45) is 1.22. The Kier molecular flexibility index (Phi) is 6.39. The number of oxime groups is 1. The van der Waals surface area contributed by atoms with Crippen molar-refractivity contribution in [3.8, 4) is 0 Å². The molecule has 0 radical (unpaired) electrons. The van der Waals surface area contributed by atoms with E-state index >= 15 is 0 Å². The number of benzene rings is 2. The first kappa shape index (κ1) is 21.2. The summed E-state index contributed by atoms with van der Waals surface area (Å²) in [4.78, 5) is 18.6. The van der Waals surface area contributed by atoms with Crippen LogP contribution in [0, 0.1) is 0 Å². The average molecular weight is 468 g/mol. The molecule has 2 aliphatic heterocycles. The molecule has 4 rings (SSSR count). The van der Waals surface area contributed by atoms with Gasteiger partial charge in [-0.15, -0.1) is 0 Å². The number of anilines is 2. The molecular weight excluding hydrogens is 447 g/mol. The number of hydrogen-bond acceptors (Lipinski definition) is 5. The number of carbonyl (C=O) groups excluding carboxylic acids is 1. The summed E-state index contributed by atoms with van der Waals surface area (Å²) >= 11 is 17.8. The lowest BCUT2D eigenvalue weighted by atomic mass is 9.98. The minimum Gasteiger partial charge on any atom is -0.387 e. The van der Waals surface area contributed by atoms with E-state index in [9.17, 15) is 4.79 Å². The van der Waals surface area contributed by atoms with Gasteiger partial charge in [0.1, 0.15) is 0 Å². The maximum absolute atomic E-state index is 11.7. The average Bonchev–Trinajstić information content (AvgIpc) is 3.37. The predicted molar refractivity (Wildman–Crippen MR) is 122 cm³/mol. The molecule has 1 unspecified atom stereocenters. The van der Waals surface area contributed by atoms with Crippen molar-refractivity contribution in [2.75, 3.05) is 23.3 Å². The molecule has 1 amide bonds. The molecule has 1 saturated heterocycles. The lowest BCUT2D eigenvalue weighted by molar-refractivity contribution is -0.114. The number of nitrogens with two attached hydrogens (primary N) is 1. The summed E-state index contributed by atoms with van der Waals surface area (Å²) in [6.45, 7) is 1.67. The highest BCUT2D eigenvalue weighted by Crippen LogP contribution is 2.37. The van der Waals surface area contributed by atoms with Crippen molar-refractivity contribution in [3.05, 3.63) is 58.6 Å². The molecule has 0 spiro atoms. The fourth-order valence-corrected chi connectivity index (χ4v) is 4.17. The van der Waals surface area contributed by atoms with Gasteiger partial charge in [0.05, 0.1) is 10.7 Å². The van der Waals surface area contributed by atoms with Crippen LogP contribution in [0.2, 0.25) is 5.02 Å². The van der Waals surface area contributed by atoms with E-state index in [1.165, 1.54) is 0 Å². The van der Waals surface area contributed by atoms with Gasteiger partial charge in [-0.1, -0.05) is 58.2 Å². The van der Waals surface area contributed by atoms with Crippen LogP contribution in [0.3, 0.4) is 0 Å². The first-order valence-electron chi connectivity index (χ1n) is 9.63. The number of halogens is 3. The van der Waals surface area contributed by atoms with Gasteiger partial charge < -0.3 is 20.8 Å². The Balaban J connectivity index is 1.54. The van der Waals surface area contributed by atoms with E-state index in [-0.39, 0.29) is 12.1 Å². The van der Waals surface area contributed by atoms with Gasteiger partial charge in [-0.2, -0.15) is 0 Å². The van der Waals surface area contributed by atoms with Gasteiger partial charge in [0, 0.05) is 42.5 Å². The summed E-state index contributed by atoms with van der Waals surface area (Å²) in [5.74, 6) is -0.482. The highest BCUT2D eigenvalue weighted by molar-refractivity contribution is 6.54.